The Bertz CT molecular complexity index is 271. The molecule has 0 aliphatic carbocycles. The lowest BCUT2D eigenvalue weighted by atomic mass is 10.1. The zero-order valence-electron chi connectivity index (χ0n) is 6.85. The number of halogens is 2. The van der Waals surface area contributed by atoms with Gasteiger partial charge in [0.05, 0.1) is 6.54 Å². The minimum Gasteiger partial charge on any atom is -0.325 e. The zero-order chi connectivity index (χ0) is 9.19. The van der Waals surface area contributed by atoms with Gasteiger partial charge < -0.3 is 5.73 Å². The Kier molecular flexibility index (Phi) is 2.43. The van der Waals surface area contributed by atoms with Gasteiger partial charge in [-0.3, -0.25) is 0 Å². The molecule has 3 heteroatoms. The van der Waals surface area contributed by atoms with Gasteiger partial charge >= 0.3 is 0 Å². The van der Waals surface area contributed by atoms with Crippen LogP contribution in [0, 0.1) is 6.92 Å². The second-order valence-corrected chi connectivity index (χ2v) is 2.78. The Morgan fingerprint density at radius 2 is 2.08 bits per heavy atom. The van der Waals surface area contributed by atoms with E-state index < -0.39 is 12.5 Å². The van der Waals surface area contributed by atoms with Crippen molar-refractivity contribution in [2.75, 3.05) is 6.54 Å². The largest absolute Gasteiger partial charge is 0.325 e. The molecule has 1 rings (SSSR count). The van der Waals surface area contributed by atoms with Gasteiger partial charge in [0, 0.05) is 5.56 Å². The van der Waals surface area contributed by atoms with E-state index in [0.29, 0.717) is 0 Å². The van der Waals surface area contributed by atoms with Gasteiger partial charge in [0.25, 0.3) is 5.92 Å². The molecule has 0 atom stereocenters. The van der Waals surface area contributed by atoms with Crippen LogP contribution in [0.4, 0.5) is 8.78 Å². The highest BCUT2D eigenvalue weighted by atomic mass is 19.3. The lowest BCUT2D eigenvalue weighted by Crippen LogP contribution is -2.24. The second-order valence-electron chi connectivity index (χ2n) is 2.78. The third kappa shape index (κ3) is 1.80. The minimum absolute atomic E-state index is 0.00926. The van der Waals surface area contributed by atoms with Crippen molar-refractivity contribution >= 4 is 0 Å². The predicted molar refractivity (Wildman–Crippen MR) is 44.1 cm³/mol. The molecular formula is C9H11F2N. The minimum atomic E-state index is -2.90. The monoisotopic (exact) mass is 171 g/mol. The molecule has 0 spiro atoms. The van der Waals surface area contributed by atoms with Crippen molar-refractivity contribution in [1.82, 2.24) is 0 Å². The number of alkyl halides is 2. The lowest BCUT2D eigenvalue weighted by Gasteiger charge is -2.14. The Morgan fingerprint density at radius 3 is 2.58 bits per heavy atom. The van der Waals surface area contributed by atoms with Crippen LogP contribution in [0.3, 0.4) is 0 Å². The summed E-state index contributed by atoms with van der Waals surface area (Å²) >= 11 is 0. The molecule has 0 fully saturated rings. The standard InChI is InChI=1S/C9H11F2N/c1-7-3-2-4-8(5-7)9(10,11)6-12/h2-5H,6,12H2,1H3. The predicted octanol–water partition coefficient (Wildman–Crippen LogP) is 2.05. The third-order valence-corrected chi connectivity index (χ3v) is 1.70. The van der Waals surface area contributed by atoms with Crippen molar-refractivity contribution in [2.24, 2.45) is 5.73 Å². The van der Waals surface area contributed by atoms with Crippen LogP contribution in [-0.4, -0.2) is 6.54 Å². The van der Waals surface area contributed by atoms with Crippen molar-refractivity contribution < 1.29 is 8.78 Å². The Morgan fingerprint density at radius 1 is 1.42 bits per heavy atom. The molecule has 12 heavy (non-hydrogen) atoms. The molecule has 0 aromatic heterocycles. The molecule has 0 amide bonds. The molecule has 0 unspecified atom stereocenters. The van der Waals surface area contributed by atoms with E-state index in [1.807, 2.05) is 0 Å². The van der Waals surface area contributed by atoms with Crippen molar-refractivity contribution in [3.05, 3.63) is 35.4 Å². The van der Waals surface area contributed by atoms with Crippen molar-refractivity contribution in [3.8, 4) is 0 Å². The molecule has 2 N–H and O–H groups in total. The number of rotatable bonds is 2. The first-order valence-corrected chi connectivity index (χ1v) is 3.71. The van der Waals surface area contributed by atoms with Gasteiger partial charge in [-0.15, -0.1) is 0 Å². The summed E-state index contributed by atoms with van der Waals surface area (Å²) in [5.41, 5.74) is 5.75. The van der Waals surface area contributed by atoms with Gasteiger partial charge in [-0.05, 0) is 6.92 Å². The summed E-state index contributed by atoms with van der Waals surface area (Å²) in [5, 5.41) is 0. The summed E-state index contributed by atoms with van der Waals surface area (Å²) in [6.07, 6.45) is 0. The maximum atomic E-state index is 12.9. The Labute approximate surface area is 70.2 Å². The quantitative estimate of drug-likeness (QED) is 0.724. The molecule has 0 heterocycles. The Balaban J connectivity index is 3.03. The van der Waals surface area contributed by atoms with Crippen molar-refractivity contribution in [1.29, 1.82) is 0 Å². The van der Waals surface area contributed by atoms with Crippen LogP contribution in [0.1, 0.15) is 11.1 Å². The molecule has 1 aromatic carbocycles. The van der Waals surface area contributed by atoms with Gasteiger partial charge in [-0.2, -0.15) is 8.78 Å². The molecule has 1 nitrogen and oxygen atoms in total. The van der Waals surface area contributed by atoms with Crippen molar-refractivity contribution in [2.45, 2.75) is 12.8 Å². The van der Waals surface area contributed by atoms with Crippen LogP contribution < -0.4 is 5.73 Å². The van der Waals surface area contributed by atoms with Crippen LogP contribution >= 0.6 is 0 Å². The normalized spacial score (nSPS) is 11.7. The number of aryl methyl sites for hydroxylation is 1. The van der Waals surface area contributed by atoms with E-state index in [0.717, 1.165) is 5.56 Å². The molecule has 1 aromatic rings. The highest BCUT2D eigenvalue weighted by Gasteiger charge is 2.28. The molecular weight excluding hydrogens is 160 g/mol. The lowest BCUT2D eigenvalue weighted by molar-refractivity contribution is 0.00590. The summed E-state index contributed by atoms with van der Waals surface area (Å²) in [5.74, 6) is -2.90. The first-order valence-electron chi connectivity index (χ1n) is 3.71. The smallest absolute Gasteiger partial charge is 0.285 e. The van der Waals surface area contributed by atoms with E-state index in [4.69, 9.17) is 5.73 Å². The summed E-state index contributed by atoms with van der Waals surface area (Å²) in [6.45, 7) is 1.13. The van der Waals surface area contributed by atoms with Gasteiger partial charge in [0.15, 0.2) is 0 Å². The highest BCUT2D eigenvalue weighted by molar-refractivity contribution is 5.26. The fourth-order valence-corrected chi connectivity index (χ4v) is 0.990. The van der Waals surface area contributed by atoms with Crippen molar-refractivity contribution in [3.63, 3.8) is 0 Å². The topological polar surface area (TPSA) is 26.0 Å². The molecule has 0 radical (unpaired) electrons. The number of nitrogens with two attached hydrogens (primary N) is 1. The maximum absolute atomic E-state index is 12.9. The van der Waals surface area contributed by atoms with E-state index in [1.54, 1.807) is 19.1 Å². The second kappa shape index (κ2) is 3.19. The highest BCUT2D eigenvalue weighted by Crippen LogP contribution is 2.26. The van der Waals surface area contributed by atoms with Gasteiger partial charge in [-0.25, -0.2) is 0 Å². The number of hydrogen-bond donors (Lipinski definition) is 1. The van der Waals surface area contributed by atoms with Gasteiger partial charge in [0.2, 0.25) is 0 Å². The Hall–Kier alpha value is -0.960. The van der Waals surface area contributed by atoms with Crippen LogP contribution in [0.5, 0.6) is 0 Å². The van der Waals surface area contributed by atoms with Crippen LogP contribution in [0.25, 0.3) is 0 Å². The number of benzene rings is 1. The fraction of sp³-hybridized carbons (Fsp3) is 0.333. The average molecular weight is 171 g/mol. The molecule has 0 saturated heterocycles. The van der Waals surface area contributed by atoms with E-state index in [9.17, 15) is 8.78 Å². The molecule has 0 aliphatic heterocycles. The SMILES string of the molecule is Cc1cccc(C(F)(F)CN)c1. The zero-order valence-corrected chi connectivity index (χ0v) is 6.85. The van der Waals surface area contributed by atoms with Crippen LogP contribution in [0.15, 0.2) is 24.3 Å². The fourth-order valence-electron chi connectivity index (χ4n) is 0.990. The van der Waals surface area contributed by atoms with E-state index in [1.165, 1.54) is 12.1 Å². The average Bonchev–Trinajstić information content (AvgIpc) is 2.05. The van der Waals surface area contributed by atoms with Crippen LogP contribution in [-0.2, 0) is 5.92 Å². The van der Waals surface area contributed by atoms with E-state index in [-0.39, 0.29) is 5.56 Å². The molecule has 0 aliphatic rings. The summed E-state index contributed by atoms with van der Waals surface area (Å²) in [7, 11) is 0. The first-order chi connectivity index (χ1) is 5.56. The summed E-state index contributed by atoms with van der Waals surface area (Å²) in [6, 6.07) is 6.22. The number of hydrogen-bond acceptors (Lipinski definition) is 1. The molecule has 0 bridgehead atoms. The van der Waals surface area contributed by atoms with Crippen LogP contribution in [0.2, 0.25) is 0 Å². The maximum Gasteiger partial charge on any atom is 0.285 e. The van der Waals surface area contributed by atoms with E-state index in [2.05, 4.69) is 0 Å². The van der Waals surface area contributed by atoms with Gasteiger partial charge in [-0.1, -0.05) is 29.8 Å². The molecule has 0 saturated carbocycles. The first kappa shape index (κ1) is 9.13. The van der Waals surface area contributed by atoms with E-state index >= 15 is 0 Å². The third-order valence-electron chi connectivity index (χ3n) is 1.70. The molecule has 66 valence electrons. The van der Waals surface area contributed by atoms with Gasteiger partial charge in [0.1, 0.15) is 0 Å². The summed E-state index contributed by atoms with van der Waals surface area (Å²) in [4.78, 5) is 0. The summed E-state index contributed by atoms with van der Waals surface area (Å²) < 4.78 is 25.9.